The number of nitrogens with zero attached hydrogens (tertiary/aromatic N) is 1. The second kappa shape index (κ2) is 12.1. The van der Waals surface area contributed by atoms with Gasteiger partial charge in [-0.15, -0.1) is 0 Å². The van der Waals surface area contributed by atoms with Crippen LogP contribution in [0.15, 0.2) is 28.5 Å². The van der Waals surface area contributed by atoms with Crippen molar-refractivity contribution in [1.82, 2.24) is 0 Å². The SMILES string of the molecule is CCCCC[C@@H](/C=C/C1=C(CCC(=O)OC)C(=N/OC)/CC1)O[Si](C)(C)C. The van der Waals surface area contributed by atoms with Gasteiger partial charge in [0.1, 0.15) is 7.11 Å². The Balaban J connectivity index is 2.94. The average molecular weight is 396 g/mol. The molecule has 1 rings (SSSR count). The largest absolute Gasteiger partial charge is 0.469 e. The van der Waals surface area contributed by atoms with Gasteiger partial charge in [0.2, 0.25) is 0 Å². The van der Waals surface area contributed by atoms with Crippen molar-refractivity contribution in [2.75, 3.05) is 14.2 Å². The minimum absolute atomic E-state index is 0.154. The first-order valence-corrected chi connectivity index (χ1v) is 13.5. The van der Waals surface area contributed by atoms with Crippen LogP contribution in [0.5, 0.6) is 0 Å². The highest BCUT2D eigenvalue weighted by molar-refractivity contribution is 6.69. The Bertz CT molecular complexity index is 561. The highest BCUT2D eigenvalue weighted by Crippen LogP contribution is 2.29. The number of unbranched alkanes of at least 4 members (excludes halogenated alkanes) is 2. The fourth-order valence-corrected chi connectivity index (χ4v) is 4.34. The van der Waals surface area contributed by atoms with E-state index in [1.165, 1.54) is 31.9 Å². The summed E-state index contributed by atoms with van der Waals surface area (Å²) in [5.41, 5.74) is 3.28. The third-order valence-corrected chi connectivity index (χ3v) is 5.49. The zero-order valence-electron chi connectivity index (χ0n) is 18.0. The number of oxime groups is 1. The van der Waals surface area contributed by atoms with E-state index in [1.54, 1.807) is 7.11 Å². The average Bonchev–Trinajstić information content (AvgIpc) is 2.98. The standard InChI is InChI=1S/C21H37NO4Si/c1-7-8-9-10-18(26-27(4,5)6)13-11-17-12-15-20(22-25-3)19(17)14-16-21(23)24-2/h11,13,18H,7-10,12,14-16H2,1-6H3/b13-11+,22-20+/t18-/m0/s1. The highest BCUT2D eigenvalue weighted by Gasteiger charge is 2.23. The van der Waals surface area contributed by atoms with Crippen molar-refractivity contribution in [3.05, 3.63) is 23.3 Å². The van der Waals surface area contributed by atoms with Crippen LogP contribution in [0.25, 0.3) is 0 Å². The minimum Gasteiger partial charge on any atom is -0.469 e. The lowest BCUT2D eigenvalue weighted by Gasteiger charge is -2.24. The number of methoxy groups -OCH3 is 1. The van der Waals surface area contributed by atoms with E-state index in [4.69, 9.17) is 14.0 Å². The summed E-state index contributed by atoms with van der Waals surface area (Å²) >= 11 is 0. The van der Waals surface area contributed by atoms with E-state index in [9.17, 15) is 4.79 Å². The number of carbonyl (C=O) groups excluding carboxylic acids is 1. The van der Waals surface area contributed by atoms with Crippen LogP contribution in [0.4, 0.5) is 0 Å². The van der Waals surface area contributed by atoms with E-state index in [2.05, 4.69) is 43.9 Å². The van der Waals surface area contributed by atoms with E-state index in [-0.39, 0.29) is 12.1 Å². The molecule has 5 nitrogen and oxygen atoms in total. The summed E-state index contributed by atoms with van der Waals surface area (Å²) in [5.74, 6) is -0.200. The quantitative estimate of drug-likeness (QED) is 0.192. The molecular formula is C21H37NO4Si. The Kier molecular flexibility index (Phi) is 10.6. The summed E-state index contributed by atoms with van der Waals surface area (Å²) in [6, 6.07) is 0. The first-order chi connectivity index (χ1) is 12.8. The maximum Gasteiger partial charge on any atom is 0.305 e. The van der Waals surface area contributed by atoms with Gasteiger partial charge in [-0.2, -0.15) is 0 Å². The molecule has 0 saturated carbocycles. The van der Waals surface area contributed by atoms with E-state index in [1.807, 2.05) is 0 Å². The molecule has 1 aliphatic rings. The number of allylic oxidation sites excluding steroid dienone is 3. The zero-order chi connectivity index (χ0) is 20.3. The number of carbonyl (C=O) groups is 1. The highest BCUT2D eigenvalue weighted by atomic mass is 28.4. The molecule has 27 heavy (non-hydrogen) atoms. The molecule has 154 valence electrons. The zero-order valence-corrected chi connectivity index (χ0v) is 19.0. The van der Waals surface area contributed by atoms with Gasteiger partial charge in [-0.3, -0.25) is 4.79 Å². The number of hydrogen-bond donors (Lipinski definition) is 0. The molecule has 0 unspecified atom stereocenters. The van der Waals surface area contributed by atoms with Crippen molar-refractivity contribution in [2.24, 2.45) is 5.16 Å². The lowest BCUT2D eigenvalue weighted by molar-refractivity contribution is -0.140. The van der Waals surface area contributed by atoms with Gasteiger partial charge in [0.15, 0.2) is 8.32 Å². The molecule has 0 aromatic carbocycles. The van der Waals surface area contributed by atoms with E-state index >= 15 is 0 Å². The van der Waals surface area contributed by atoms with Gasteiger partial charge in [-0.1, -0.05) is 43.5 Å². The molecule has 0 aliphatic heterocycles. The van der Waals surface area contributed by atoms with Crippen molar-refractivity contribution < 1.29 is 18.8 Å². The monoisotopic (exact) mass is 395 g/mol. The lowest BCUT2D eigenvalue weighted by Crippen LogP contribution is -2.31. The Morgan fingerprint density at radius 3 is 2.56 bits per heavy atom. The maximum atomic E-state index is 11.6. The fourth-order valence-electron chi connectivity index (χ4n) is 3.24. The smallest absolute Gasteiger partial charge is 0.305 e. The van der Waals surface area contributed by atoms with Gasteiger partial charge in [0.25, 0.3) is 0 Å². The van der Waals surface area contributed by atoms with Crippen molar-refractivity contribution in [2.45, 2.75) is 84.0 Å². The van der Waals surface area contributed by atoms with Crippen LogP contribution in [-0.2, 0) is 18.8 Å². The summed E-state index contributed by atoms with van der Waals surface area (Å²) in [7, 11) is 1.37. The van der Waals surface area contributed by atoms with Gasteiger partial charge >= 0.3 is 5.97 Å². The van der Waals surface area contributed by atoms with Gasteiger partial charge < -0.3 is 14.0 Å². The van der Waals surface area contributed by atoms with Crippen LogP contribution in [-0.4, -0.2) is 40.3 Å². The molecule has 0 saturated heterocycles. The molecule has 0 amide bonds. The summed E-state index contributed by atoms with van der Waals surface area (Å²) < 4.78 is 11.2. The first-order valence-electron chi connectivity index (χ1n) is 10.1. The molecule has 0 aromatic heterocycles. The Labute approximate surface area is 166 Å². The van der Waals surface area contributed by atoms with Crippen LogP contribution in [0.1, 0.15) is 58.3 Å². The fraction of sp³-hybridized carbons (Fsp3) is 0.714. The molecule has 6 heteroatoms. The van der Waals surface area contributed by atoms with Crippen molar-refractivity contribution in [3.63, 3.8) is 0 Å². The van der Waals surface area contributed by atoms with Crippen LogP contribution >= 0.6 is 0 Å². The molecule has 0 spiro atoms. The number of esters is 1. The summed E-state index contributed by atoms with van der Waals surface area (Å²) in [6.07, 6.45) is 12.0. The summed E-state index contributed by atoms with van der Waals surface area (Å²) in [5, 5.41) is 4.15. The molecule has 1 aliphatic carbocycles. The minimum atomic E-state index is -1.61. The molecule has 0 N–H and O–H groups in total. The molecular weight excluding hydrogens is 358 g/mol. The van der Waals surface area contributed by atoms with Crippen LogP contribution < -0.4 is 0 Å². The molecule has 0 radical (unpaired) electrons. The number of ether oxygens (including phenoxy) is 1. The number of rotatable bonds is 12. The van der Waals surface area contributed by atoms with Gasteiger partial charge in [-0.05, 0) is 56.5 Å². The lowest BCUT2D eigenvalue weighted by atomic mass is 10.0. The topological polar surface area (TPSA) is 57.1 Å². The van der Waals surface area contributed by atoms with Gasteiger partial charge in [-0.25, -0.2) is 0 Å². The molecule has 0 fully saturated rings. The van der Waals surface area contributed by atoms with Gasteiger partial charge in [0, 0.05) is 6.42 Å². The van der Waals surface area contributed by atoms with Crippen molar-refractivity contribution in [1.29, 1.82) is 0 Å². The molecule has 0 bridgehead atoms. The van der Waals surface area contributed by atoms with Gasteiger partial charge in [0.05, 0.1) is 18.9 Å². The third-order valence-electron chi connectivity index (χ3n) is 4.48. The van der Waals surface area contributed by atoms with Crippen LogP contribution in [0, 0.1) is 0 Å². The normalized spacial score (nSPS) is 17.8. The van der Waals surface area contributed by atoms with Crippen molar-refractivity contribution >= 4 is 20.0 Å². The van der Waals surface area contributed by atoms with Crippen molar-refractivity contribution in [3.8, 4) is 0 Å². The molecule has 0 aromatic rings. The Morgan fingerprint density at radius 2 is 1.96 bits per heavy atom. The predicted molar refractivity (Wildman–Crippen MR) is 113 cm³/mol. The first kappa shape index (κ1) is 23.6. The summed E-state index contributed by atoms with van der Waals surface area (Å²) in [6.45, 7) is 8.91. The van der Waals surface area contributed by atoms with E-state index in [0.717, 1.165) is 30.5 Å². The van der Waals surface area contributed by atoms with Crippen LogP contribution in [0.3, 0.4) is 0 Å². The Morgan fingerprint density at radius 1 is 1.22 bits per heavy atom. The second-order valence-electron chi connectivity index (χ2n) is 7.92. The van der Waals surface area contributed by atoms with E-state index < -0.39 is 8.32 Å². The summed E-state index contributed by atoms with van der Waals surface area (Å²) in [4.78, 5) is 16.5. The molecule has 1 atom stereocenters. The van der Waals surface area contributed by atoms with E-state index in [0.29, 0.717) is 12.8 Å². The second-order valence-corrected chi connectivity index (χ2v) is 12.4. The maximum absolute atomic E-state index is 11.6. The van der Waals surface area contributed by atoms with Crippen LogP contribution in [0.2, 0.25) is 19.6 Å². The third kappa shape index (κ3) is 9.38. The number of hydrogen-bond acceptors (Lipinski definition) is 5. The Hall–Kier alpha value is -1.40. The molecule has 0 heterocycles. The predicted octanol–water partition coefficient (Wildman–Crippen LogP) is 5.39.